The second-order valence-corrected chi connectivity index (χ2v) is 7.08. The van der Waals surface area contributed by atoms with Crippen molar-refractivity contribution in [3.63, 3.8) is 0 Å². The van der Waals surface area contributed by atoms with E-state index in [9.17, 15) is 13.2 Å². The van der Waals surface area contributed by atoms with Gasteiger partial charge in [-0.05, 0) is 25.7 Å². The van der Waals surface area contributed by atoms with E-state index in [1.165, 1.54) is 11.2 Å². The summed E-state index contributed by atoms with van der Waals surface area (Å²) in [5.74, 6) is 0.526. The van der Waals surface area contributed by atoms with Gasteiger partial charge in [-0.25, -0.2) is 8.42 Å². The summed E-state index contributed by atoms with van der Waals surface area (Å²) >= 11 is 5.54. The Morgan fingerprint density at radius 3 is 2.78 bits per heavy atom. The first-order valence-electron chi connectivity index (χ1n) is 6.26. The number of halogens is 1. The number of nitrogens with one attached hydrogen (secondary N) is 1. The van der Waals surface area contributed by atoms with Crippen LogP contribution in [0.3, 0.4) is 0 Å². The molecule has 1 rings (SSSR count). The molecule has 7 heteroatoms. The Morgan fingerprint density at radius 1 is 1.44 bits per heavy atom. The third-order valence-corrected chi connectivity index (χ3v) is 5.16. The number of hydrogen-bond donors (Lipinski definition) is 1. The van der Waals surface area contributed by atoms with E-state index < -0.39 is 10.0 Å². The standard InChI is InChI=1S/C11H21ClN2O3S/c1-10(15)13-11-5-4-7-14(9-11)18(16,17)8-3-2-6-12/h11H,2-9H2,1H3,(H,13,15). The van der Waals surface area contributed by atoms with E-state index in [0.717, 1.165) is 12.8 Å². The molecule has 1 unspecified atom stereocenters. The number of hydrogen-bond acceptors (Lipinski definition) is 3. The molecular weight excluding hydrogens is 276 g/mol. The average molecular weight is 297 g/mol. The molecule has 1 N–H and O–H groups in total. The number of amides is 1. The summed E-state index contributed by atoms with van der Waals surface area (Å²) in [4.78, 5) is 11.0. The first-order chi connectivity index (χ1) is 8.45. The number of piperidine rings is 1. The molecule has 0 bridgehead atoms. The van der Waals surface area contributed by atoms with Crippen LogP contribution >= 0.6 is 11.6 Å². The molecule has 0 spiro atoms. The summed E-state index contributed by atoms with van der Waals surface area (Å²) in [6.45, 7) is 2.40. The minimum atomic E-state index is -3.20. The molecule has 1 aliphatic rings. The third-order valence-electron chi connectivity index (χ3n) is 2.97. The molecule has 0 radical (unpaired) electrons. The fourth-order valence-electron chi connectivity index (χ4n) is 2.11. The Balaban J connectivity index is 2.51. The summed E-state index contributed by atoms with van der Waals surface area (Å²) in [7, 11) is -3.20. The lowest BCUT2D eigenvalue weighted by molar-refractivity contribution is -0.119. The maximum Gasteiger partial charge on any atom is 0.217 e. The van der Waals surface area contributed by atoms with Crippen molar-refractivity contribution in [3.8, 4) is 0 Å². The lowest BCUT2D eigenvalue weighted by Crippen LogP contribution is -2.49. The van der Waals surface area contributed by atoms with Gasteiger partial charge in [0.25, 0.3) is 0 Å². The minimum Gasteiger partial charge on any atom is -0.352 e. The van der Waals surface area contributed by atoms with E-state index in [-0.39, 0.29) is 17.7 Å². The lowest BCUT2D eigenvalue weighted by Gasteiger charge is -2.32. The normalized spacial score (nSPS) is 21.8. The van der Waals surface area contributed by atoms with E-state index >= 15 is 0 Å². The van der Waals surface area contributed by atoms with Gasteiger partial charge >= 0.3 is 0 Å². The van der Waals surface area contributed by atoms with Gasteiger partial charge in [0.2, 0.25) is 15.9 Å². The van der Waals surface area contributed by atoms with E-state index in [0.29, 0.717) is 31.8 Å². The third kappa shape index (κ3) is 5.12. The van der Waals surface area contributed by atoms with E-state index in [4.69, 9.17) is 11.6 Å². The van der Waals surface area contributed by atoms with Crippen LogP contribution in [0.4, 0.5) is 0 Å². The van der Waals surface area contributed by atoms with Crippen LogP contribution in [0.1, 0.15) is 32.6 Å². The molecule has 0 aromatic heterocycles. The Labute approximate surface area is 114 Å². The number of carbonyl (C=O) groups is 1. The van der Waals surface area contributed by atoms with E-state index in [2.05, 4.69) is 5.32 Å². The molecule has 1 heterocycles. The number of sulfonamides is 1. The number of unbranched alkanes of at least 4 members (excludes halogenated alkanes) is 1. The highest BCUT2D eigenvalue weighted by Crippen LogP contribution is 2.15. The van der Waals surface area contributed by atoms with Crippen molar-refractivity contribution in [1.82, 2.24) is 9.62 Å². The van der Waals surface area contributed by atoms with Crippen molar-refractivity contribution in [1.29, 1.82) is 0 Å². The quantitative estimate of drug-likeness (QED) is 0.586. The molecule has 0 aliphatic carbocycles. The van der Waals surface area contributed by atoms with Crippen LogP contribution in [-0.2, 0) is 14.8 Å². The van der Waals surface area contributed by atoms with Gasteiger partial charge < -0.3 is 5.32 Å². The topological polar surface area (TPSA) is 66.5 Å². The summed E-state index contributed by atoms with van der Waals surface area (Å²) in [6.07, 6.45) is 2.93. The number of rotatable bonds is 6. The monoisotopic (exact) mass is 296 g/mol. The van der Waals surface area contributed by atoms with Crippen LogP contribution in [0.5, 0.6) is 0 Å². The lowest BCUT2D eigenvalue weighted by atomic mass is 10.1. The molecule has 1 atom stereocenters. The number of carbonyl (C=O) groups excluding carboxylic acids is 1. The molecule has 1 saturated heterocycles. The van der Waals surface area contributed by atoms with Crippen molar-refractivity contribution in [2.75, 3.05) is 24.7 Å². The van der Waals surface area contributed by atoms with Crippen LogP contribution in [0.2, 0.25) is 0 Å². The Morgan fingerprint density at radius 2 is 2.17 bits per heavy atom. The summed E-state index contributed by atoms with van der Waals surface area (Å²) in [6, 6.07) is -0.0564. The van der Waals surface area contributed by atoms with Gasteiger partial charge in [0.1, 0.15) is 0 Å². The molecule has 106 valence electrons. The molecule has 5 nitrogen and oxygen atoms in total. The largest absolute Gasteiger partial charge is 0.352 e. The number of alkyl halides is 1. The van der Waals surface area contributed by atoms with Gasteiger partial charge in [-0.15, -0.1) is 11.6 Å². The van der Waals surface area contributed by atoms with Gasteiger partial charge in [0, 0.05) is 31.9 Å². The van der Waals surface area contributed by atoms with Crippen LogP contribution in [0, 0.1) is 0 Å². The first kappa shape index (κ1) is 15.7. The van der Waals surface area contributed by atoms with Crippen molar-refractivity contribution in [3.05, 3.63) is 0 Å². The maximum atomic E-state index is 12.1. The average Bonchev–Trinajstić information content (AvgIpc) is 2.28. The Hall–Kier alpha value is -0.330. The van der Waals surface area contributed by atoms with Gasteiger partial charge in [0.15, 0.2) is 0 Å². The number of nitrogens with zero attached hydrogens (tertiary/aromatic N) is 1. The van der Waals surface area contributed by atoms with Crippen molar-refractivity contribution in [2.45, 2.75) is 38.6 Å². The van der Waals surface area contributed by atoms with Crippen LogP contribution in [-0.4, -0.2) is 49.4 Å². The fraction of sp³-hybridized carbons (Fsp3) is 0.909. The molecule has 18 heavy (non-hydrogen) atoms. The van der Waals surface area contributed by atoms with Gasteiger partial charge in [0.05, 0.1) is 5.75 Å². The van der Waals surface area contributed by atoms with Crippen LogP contribution < -0.4 is 5.32 Å². The first-order valence-corrected chi connectivity index (χ1v) is 8.41. The predicted molar refractivity (Wildman–Crippen MR) is 72.2 cm³/mol. The zero-order valence-corrected chi connectivity index (χ0v) is 12.3. The van der Waals surface area contributed by atoms with Crippen molar-refractivity contribution >= 4 is 27.5 Å². The summed E-state index contributed by atoms with van der Waals surface area (Å²) in [5.41, 5.74) is 0. The minimum absolute atomic E-state index is 0.0564. The molecule has 1 amide bonds. The molecule has 0 saturated carbocycles. The summed E-state index contributed by atoms with van der Waals surface area (Å²) < 4.78 is 25.6. The Kier molecular flexibility index (Phi) is 6.38. The van der Waals surface area contributed by atoms with Gasteiger partial charge in [-0.1, -0.05) is 0 Å². The molecular formula is C11H21ClN2O3S. The van der Waals surface area contributed by atoms with Gasteiger partial charge in [-0.3, -0.25) is 4.79 Å². The van der Waals surface area contributed by atoms with Crippen LogP contribution in [0.25, 0.3) is 0 Å². The predicted octanol–water partition coefficient (Wildman–Crippen LogP) is 0.936. The molecule has 1 fully saturated rings. The highest BCUT2D eigenvalue weighted by atomic mass is 35.5. The zero-order valence-electron chi connectivity index (χ0n) is 10.7. The van der Waals surface area contributed by atoms with Gasteiger partial charge in [-0.2, -0.15) is 4.31 Å². The molecule has 1 aliphatic heterocycles. The SMILES string of the molecule is CC(=O)NC1CCCN(S(=O)(=O)CCCCCl)C1. The summed E-state index contributed by atoms with van der Waals surface area (Å²) in [5, 5.41) is 2.78. The zero-order chi connectivity index (χ0) is 13.6. The fourth-order valence-corrected chi connectivity index (χ4v) is 3.94. The smallest absolute Gasteiger partial charge is 0.217 e. The van der Waals surface area contributed by atoms with E-state index in [1.54, 1.807) is 0 Å². The van der Waals surface area contributed by atoms with Crippen LogP contribution in [0.15, 0.2) is 0 Å². The van der Waals surface area contributed by atoms with E-state index in [1.807, 2.05) is 0 Å². The molecule has 0 aromatic carbocycles. The second-order valence-electron chi connectivity index (χ2n) is 4.61. The maximum absolute atomic E-state index is 12.1. The van der Waals surface area contributed by atoms with Crippen molar-refractivity contribution < 1.29 is 13.2 Å². The second kappa shape index (κ2) is 7.31. The highest BCUT2D eigenvalue weighted by Gasteiger charge is 2.28. The molecule has 0 aromatic rings. The highest BCUT2D eigenvalue weighted by molar-refractivity contribution is 7.89. The van der Waals surface area contributed by atoms with Crippen molar-refractivity contribution in [2.24, 2.45) is 0 Å². The Bertz CT molecular complexity index is 372.